The molecule has 2 aliphatic heterocycles. The van der Waals surface area contributed by atoms with Crippen LogP contribution in [0.5, 0.6) is 11.5 Å². The number of nitrogens with zero attached hydrogens (tertiary/aromatic N) is 3. The molecule has 41 heavy (non-hydrogen) atoms. The molecule has 2 aliphatic rings. The zero-order valence-corrected chi connectivity index (χ0v) is 23.1. The smallest absolute Gasteiger partial charge is 0.309 e. The Bertz CT molecular complexity index is 1520. The van der Waals surface area contributed by atoms with Crippen LogP contribution in [0.2, 0.25) is 0 Å². The van der Waals surface area contributed by atoms with E-state index in [9.17, 15) is 9.59 Å². The summed E-state index contributed by atoms with van der Waals surface area (Å²) in [5.74, 6) is 1.46. The fraction of sp³-hybridized carbons (Fsp3) is 0.387. The number of aromatic nitrogens is 2. The number of piperidine rings is 1. The molecule has 0 radical (unpaired) electrons. The van der Waals surface area contributed by atoms with Gasteiger partial charge in [-0.25, -0.2) is 4.98 Å². The lowest BCUT2D eigenvalue weighted by Crippen LogP contribution is -2.40. The highest BCUT2D eigenvalue weighted by molar-refractivity contribution is 5.92. The molecule has 10 heteroatoms. The summed E-state index contributed by atoms with van der Waals surface area (Å²) >= 11 is 0. The van der Waals surface area contributed by atoms with Gasteiger partial charge in [-0.1, -0.05) is 24.3 Å². The third-order valence-electron chi connectivity index (χ3n) is 7.75. The number of hydrogen-bond acceptors (Lipinski definition) is 8. The summed E-state index contributed by atoms with van der Waals surface area (Å²) in [4.78, 5) is 37.1. The van der Waals surface area contributed by atoms with E-state index in [0.29, 0.717) is 51.5 Å². The Morgan fingerprint density at radius 1 is 1.10 bits per heavy atom. The maximum Gasteiger partial charge on any atom is 0.309 e. The number of esters is 1. The maximum absolute atomic E-state index is 13.2. The van der Waals surface area contributed by atoms with Crippen molar-refractivity contribution in [3.05, 3.63) is 77.6 Å². The Morgan fingerprint density at radius 2 is 1.93 bits per heavy atom. The van der Waals surface area contributed by atoms with Gasteiger partial charge in [0.2, 0.25) is 12.7 Å². The molecular weight excluding hydrogens is 524 g/mol. The molecule has 214 valence electrons. The molecule has 0 saturated carbocycles. The van der Waals surface area contributed by atoms with Crippen molar-refractivity contribution < 1.29 is 28.2 Å². The van der Waals surface area contributed by atoms with Gasteiger partial charge in [-0.3, -0.25) is 14.5 Å². The van der Waals surface area contributed by atoms with Crippen LogP contribution >= 0.6 is 0 Å². The van der Waals surface area contributed by atoms with Crippen LogP contribution in [0.3, 0.4) is 0 Å². The first kappa shape index (κ1) is 26.9. The zero-order chi connectivity index (χ0) is 28.2. The Kier molecular flexibility index (Phi) is 7.91. The van der Waals surface area contributed by atoms with Crippen molar-refractivity contribution in [1.29, 1.82) is 0 Å². The third-order valence-corrected chi connectivity index (χ3v) is 7.75. The van der Waals surface area contributed by atoms with Gasteiger partial charge in [0.25, 0.3) is 5.91 Å². The van der Waals surface area contributed by atoms with Crippen LogP contribution in [-0.2, 0) is 29.0 Å². The van der Waals surface area contributed by atoms with Crippen LogP contribution in [0, 0.1) is 5.92 Å². The van der Waals surface area contributed by atoms with Gasteiger partial charge in [-0.05, 0) is 55.5 Å². The van der Waals surface area contributed by atoms with Crippen LogP contribution in [0.15, 0.2) is 59.3 Å². The van der Waals surface area contributed by atoms with Gasteiger partial charge in [0.15, 0.2) is 17.2 Å². The number of para-hydroxylation sites is 1. The second-order valence-corrected chi connectivity index (χ2v) is 10.5. The average molecular weight is 559 g/mol. The Hall–Kier alpha value is -4.31. The van der Waals surface area contributed by atoms with Gasteiger partial charge < -0.3 is 28.5 Å². The number of hydrogen-bond donors (Lipinski definition) is 1. The number of carbonyl (C=O) groups is 2. The number of ether oxygens (including phenoxy) is 3. The third kappa shape index (κ3) is 6.07. The van der Waals surface area contributed by atoms with Crippen molar-refractivity contribution in [2.24, 2.45) is 5.92 Å². The van der Waals surface area contributed by atoms with E-state index >= 15 is 0 Å². The fourth-order valence-electron chi connectivity index (χ4n) is 5.54. The van der Waals surface area contributed by atoms with Crippen LogP contribution < -0.4 is 9.47 Å². The van der Waals surface area contributed by atoms with Gasteiger partial charge in [-0.2, -0.15) is 0 Å². The van der Waals surface area contributed by atoms with E-state index in [1.165, 1.54) is 17.2 Å². The summed E-state index contributed by atoms with van der Waals surface area (Å²) in [7, 11) is 0. The van der Waals surface area contributed by atoms with Crippen molar-refractivity contribution in [2.45, 2.75) is 39.3 Å². The van der Waals surface area contributed by atoms with Gasteiger partial charge >= 0.3 is 5.97 Å². The molecule has 0 unspecified atom stereocenters. The molecule has 4 heterocycles. The number of fused-ring (bicyclic) bond motifs is 2. The Labute approximate surface area is 238 Å². The molecule has 1 fully saturated rings. The van der Waals surface area contributed by atoms with Crippen molar-refractivity contribution >= 4 is 22.8 Å². The van der Waals surface area contributed by atoms with E-state index in [4.69, 9.17) is 18.6 Å². The summed E-state index contributed by atoms with van der Waals surface area (Å²) in [5, 5.41) is 1.21. The second kappa shape index (κ2) is 12.1. The summed E-state index contributed by atoms with van der Waals surface area (Å²) in [6.45, 7) is 5.22. The van der Waals surface area contributed by atoms with Crippen molar-refractivity contribution in [3.8, 4) is 11.5 Å². The van der Waals surface area contributed by atoms with Crippen molar-refractivity contribution in [1.82, 2.24) is 19.8 Å². The highest BCUT2D eigenvalue weighted by Crippen LogP contribution is 2.33. The first-order valence-corrected chi connectivity index (χ1v) is 14.1. The molecule has 0 spiro atoms. The highest BCUT2D eigenvalue weighted by atomic mass is 16.7. The first-order valence-electron chi connectivity index (χ1n) is 14.1. The van der Waals surface area contributed by atoms with E-state index in [1.807, 2.05) is 24.3 Å². The summed E-state index contributed by atoms with van der Waals surface area (Å²) in [6, 6.07) is 14.3. The zero-order valence-electron chi connectivity index (χ0n) is 23.1. The van der Waals surface area contributed by atoms with Crippen LogP contribution in [0.4, 0.5) is 0 Å². The predicted molar refractivity (Wildman–Crippen MR) is 150 cm³/mol. The number of nitrogens with one attached hydrogen (secondary N) is 1. The molecular formula is C31H34N4O6. The number of amides is 1. The topological polar surface area (TPSA) is 110 Å². The standard InChI is InChI=1S/C31H34N4O6/c1-2-38-31(37)22-10-13-35(14-11-22)30(36)26-19-39-29(33-26)18-34(17-21-7-8-27-28(15-21)41-20-40-27)12-9-23-16-32-25-6-4-3-5-24(23)25/h3-8,15-16,19,22,32H,2,9-14,17-18,20H2,1H3. The molecule has 0 atom stereocenters. The van der Waals surface area contributed by atoms with Crippen LogP contribution in [0.25, 0.3) is 10.9 Å². The van der Waals surface area contributed by atoms with E-state index < -0.39 is 0 Å². The minimum Gasteiger partial charge on any atom is -0.466 e. The van der Waals surface area contributed by atoms with E-state index in [0.717, 1.165) is 35.5 Å². The molecule has 10 nitrogen and oxygen atoms in total. The van der Waals surface area contributed by atoms with Crippen LogP contribution in [-0.4, -0.2) is 64.7 Å². The van der Waals surface area contributed by atoms with Gasteiger partial charge in [0.1, 0.15) is 6.26 Å². The SMILES string of the molecule is CCOC(=O)C1CCN(C(=O)c2coc(CN(CCc3c[nH]c4ccccc34)Cc3ccc4c(c3)OCO4)n2)CC1. The predicted octanol–water partition coefficient (Wildman–Crippen LogP) is 4.54. The van der Waals surface area contributed by atoms with E-state index in [2.05, 4.69) is 39.3 Å². The monoisotopic (exact) mass is 558 g/mol. The van der Waals surface area contributed by atoms with Gasteiger partial charge in [0.05, 0.1) is 19.1 Å². The molecule has 2 aromatic heterocycles. The molecule has 1 saturated heterocycles. The number of benzene rings is 2. The molecule has 6 rings (SSSR count). The van der Waals surface area contributed by atoms with Gasteiger partial charge in [-0.15, -0.1) is 0 Å². The normalized spacial score (nSPS) is 15.1. The number of rotatable bonds is 10. The van der Waals surface area contributed by atoms with Crippen LogP contribution in [0.1, 0.15) is 47.3 Å². The molecule has 2 aromatic carbocycles. The Balaban J connectivity index is 1.13. The minimum absolute atomic E-state index is 0.159. The number of likely N-dealkylation sites (tertiary alicyclic amines) is 1. The maximum atomic E-state index is 13.2. The number of aromatic amines is 1. The summed E-state index contributed by atoms with van der Waals surface area (Å²) in [6.07, 6.45) is 5.51. The number of H-pyrrole nitrogens is 1. The lowest BCUT2D eigenvalue weighted by atomic mass is 9.97. The average Bonchev–Trinajstić information content (AvgIpc) is 3.76. The number of oxazole rings is 1. The molecule has 0 bridgehead atoms. The lowest BCUT2D eigenvalue weighted by Gasteiger charge is -2.30. The molecule has 0 aliphatic carbocycles. The molecule has 1 N–H and O–H groups in total. The highest BCUT2D eigenvalue weighted by Gasteiger charge is 2.30. The van der Waals surface area contributed by atoms with Crippen molar-refractivity contribution in [3.63, 3.8) is 0 Å². The lowest BCUT2D eigenvalue weighted by molar-refractivity contribution is -0.149. The minimum atomic E-state index is -0.182. The van der Waals surface area contributed by atoms with E-state index in [1.54, 1.807) is 11.8 Å². The quantitative estimate of drug-likeness (QED) is 0.283. The number of carbonyl (C=O) groups excluding carboxylic acids is 2. The summed E-state index contributed by atoms with van der Waals surface area (Å²) < 4.78 is 22.0. The van der Waals surface area contributed by atoms with Crippen molar-refractivity contribution in [2.75, 3.05) is 33.0 Å². The van der Waals surface area contributed by atoms with E-state index in [-0.39, 0.29) is 30.3 Å². The molecule has 4 aromatic rings. The Morgan fingerprint density at radius 3 is 2.78 bits per heavy atom. The van der Waals surface area contributed by atoms with Gasteiger partial charge in [0, 0.05) is 43.3 Å². The summed E-state index contributed by atoms with van der Waals surface area (Å²) in [5.41, 5.74) is 3.73. The largest absolute Gasteiger partial charge is 0.466 e. The molecule has 1 amide bonds. The first-order chi connectivity index (χ1) is 20.1. The second-order valence-electron chi connectivity index (χ2n) is 10.5. The fourth-order valence-corrected chi connectivity index (χ4v) is 5.54.